The van der Waals surface area contributed by atoms with Gasteiger partial charge in [-0.05, 0) is 39.7 Å². The zero-order chi connectivity index (χ0) is 14.8. The first kappa shape index (κ1) is 13.9. The lowest BCUT2D eigenvalue weighted by atomic mass is 10.1. The van der Waals surface area contributed by atoms with Crippen molar-refractivity contribution >= 4 is 38.2 Å². The number of nitrogens with zero attached hydrogens (tertiary/aromatic N) is 2. The van der Waals surface area contributed by atoms with Gasteiger partial charge in [-0.1, -0.05) is 30.3 Å². The smallest absolute Gasteiger partial charge is 0.136 e. The number of rotatable bonds is 3. The van der Waals surface area contributed by atoms with E-state index in [4.69, 9.17) is 5.73 Å². The van der Waals surface area contributed by atoms with E-state index in [1.165, 1.54) is 5.56 Å². The zero-order valence-corrected chi connectivity index (χ0v) is 13.3. The molecule has 0 aliphatic rings. The number of aromatic nitrogens is 1. The summed E-state index contributed by atoms with van der Waals surface area (Å²) < 4.78 is 0.915. The van der Waals surface area contributed by atoms with Crippen LogP contribution in [0.3, 0.4) is 0 Å². The number of hydrogen-bond acceptors (Lipinski definition) is 3. The Bertz CT molecular complexity index is 772. The minimum atomic E-state index is 0.754. The van der Waals surface area contributed by atoms with Crippen LogP contribution in [0.1, 0.15) is 5.56 Å². The van der Waals surface area contributed by atoms with Gasteiger partial charge in [0.1, 0.15) is 5.82 Å². The third kappa shape index (κ3) is 2.72. The van der Waals surface area contributed by atoms with Crippen molar-refractivity contribution in [3.8, 4) is 0 Å². The SMILES string of the molecule is CN(Cc1ccccc1)c1nccc2c(N)c(Br)ccc12. The molecule has 0 atom stereocenters. The van der Waals surface area contributed by atoms with E-state index in [0.29, 0.717) is 0 Å². The van der Waals surface area contributed by atoms with Crippen molar-refractivity contribution in [1.82, 2.24) is 4.98 Å². The Morgan fingerprint density at radius 2 is 1.81 bits per heavy atom. The van der Waals surface area contributed by atoms with Gasteiger partial charge >= 0.3 is 0 Å². The first-order chi connectivity index (χ1) is 10.2. The van der Waals surface area contributed by atoms with Crippen molar-refractivity contribution in [2.45, 2.75) is 6.54 Å². The van der Waals surface area contributed by atoms with E-state index in [1.54, 1.807) is 0 Å². The number of nitrogen functional groups attached to an aromatic ring is 1. The first-order valence-corrected chi connectivity index (χ1v) is 7.54. The maximum absolute atomic E-state index is 6.15. The highest BCUT2D eigenvalue weighted by atomic mass is 79.9. The van der Waals surface area contributed by atoms with Crippen LogP contribution >= 0.6 is 15.9 Å². The molecule has 4 heteroatoms. The van der Waals surface area contributed by atoms with Gasteiger partial charge in [0.25, 0.3) is 0 Å². The van der Waals surface area contributed by atoms with Crippen molar-refractivity contribution in [2.24, 2.45) is 0 Å². The van der Waals surface area contributed by atoms with Crippen LogP contribution in [0, 0.1) is 0 Å². The topological polar surface area (TPSA) is 42.2 Å². The van der Waals surface area contributed by atoms with E-state index < -0.39 is 0 Å². The molecule has 3 nitrogen and oxygen atoms in total. The monoisotopic (exact) mass is 341 g/mol. The Labute approximate surface area is 132 Å². The third-order valence-corrected chi connectivity index (χ3v) is 4.23. The van der Waals surface area contributed by atoms with E-state index in [-0.39, 0.29) is 0 Å². The van der Waals surface area contributed by atoms with Gasteiger partial charge < -0.3 is 10.6 Å². The summed E-state index contributed by atoms with van der Waals surface area (Å²) in [5.41, 5.74) is 8.15. The molecule has 1 heterocycles. The van der Waals surface area contributed by atoms with E-state index in [2.05, 4.69) is 56.1 Å². The van der Waals surface area contributed by atoms with Crippen molar-refractivity contribution in [3.63, 3.8) is 0 Å². The standard InChI is InChI=1S/C17H16BrN3/c1-21(11-12-5-3-2-4-6-12)17-14-7-8-15(18)16(19)13(14)9-10-20-17/h2-10H,11,19H2,1H3. The largest absolute Gasteiger partial charge is 0.397 e. The molecule has 3 aromatic rings. The van der Waals surface area contributed by atoms with E-state index in [0.717, 1.165) is 33.3 Å². The molecule has 0 amide bonds. The molecule has 106 valence electrons. The van der Waals surface area contributed by atoms with Crippen molar-refractivity contribution in [2.75, 3.05) is 17.7 Å². The van der Waals surface area contributed by atoms with Crippen LogP contribution in [0.15, 0.2) is 59.2 Å². The predicted octanol–water partition coefficient (Wildman–Crippen LogP) is 4.22. The number of nitrogens with two attached hydrogens (primary N) is 1. The van der Waals surface area contributed by atoms with Gasteiger partial charge in [-0.25, -0.2) is 4.98 Å². The van der Waals surface area contributed by atoms with Crippen LogP contribution < -0.4 is 10.6 Å². The van der Waals surface area contributed by atoms with Crippen molar-refractivity contribution in [1.29, 1.82) is 0 Å². The van der Waals surface area contributed by atoms with Gasteiger partial charge in [-0.3, -0.25) is 0 Å². The summed E-state index contributed by atoms with van der Waals surface area (Å²) in [5, 5.41) is 2.09. The van der Waals surface area contributed by atoms with E-state index in [9.17, 15) is 0 Å². The number of pyridine rings is 1. The molecule has 0 saturated carbocycles. The second-order valence-corrected chi connectivity index (χ2v) is 5.89. The van der Waals surface area contributed by atoms with Gasteiger partial charge in [0.15, 0.2) is 0 Å². The average Bonchev–Trinajstić information content (AvgIpc) is 2.51. The first-order valence-electron chi connectivity index (χ1n) is 6.74. The summed E-state index contributed by atoms with van der Waals surface area (Å²) in [6.45, 7) is 0.808. The molecule has 0 aliphatic carbocycles. The molecule has 0 spiro atoms. The number of anilines is 2. The van der Waals surface area contributed by atoms with Gasteiger partial charge in [0.2, 0.25) is 0 Å². The molecule has 0 bridgehead atoms. The van der Waals surface area contributed by atoms with Gasteiger partial charge in [-0.2, -0.15) is 0 Å². The van der Waals surface area contributed by atoms with Crippen LogP contribution in [-0.4, -0.2) is 12.0 Å². The highest BCUT2D eigenvalue weighted by molar-refractivity contribution is 9.10. The highest BCUT2D eigenvalue weighted by Crippen LogP contribution is 2.33. The lowest BCUT2D eigenvalue weighted by molar-refractivity contribution is 0.905. The number of benzene rings is 2. The Morgan fingerprint density at radius 1 is 1.05 bits per heavy atom. The Morgan fingerprint density at radius 3 is 2.57 bits per heavy atom. The van der Waals surface area contributed by atoms with Gasteiger partial charge in [0, 0.05) is 35.0 Å². The highest BCUT2D eigenvalue weighted by Gasteiger charge is 2.11. The molecule has 0 radical (unpaired) electrons. The molecule has 0 aliphatic heterocycles. The Balaban J connectivity index is 2.02. The summed E-state index contributed by atoms with van der Waals surface area (Å²) in [5.74, 6) is 0.940. The predicted molar refractivity (Wildman–Crippen MR) is 92.4 cm³/mol. The fraction of sp³-hybridized carbons (Fsp3) is 0.118. The van der Waals surface area contributed by atoms with Crippen LogP contribution in [0.25, 0.3) is 10.8 Å². The third-order valence-electron chi connectivity index (χ3n) is 3.54. The molecule has 0 fully saturated rings. The van der Waals surface area contributed by atoms with Crippen LogP contribution in [0.4, 0.5) is 11.5 Å². The van der Waals surface area contributed by atoms with Crippen molar-refractivity contribution < 1.29 is 0 Å². The molecule has 1 aromatic heterocycles. The van der Waals surface area contributed by atoms with Crippen LogP contribution in [0.2, 0.25) is 0 Å². The average molecular weight is 342 g/mol. The zero-order valence-electron chi connectivity index (χ0n) is 11.8. The number of halogens is 1. The Kier molecular flexibility index (Phi) is 3.80. The van der Waals surface area contributed by atoms with Crippen LogP contribution in [0.5, 0.6) is 0 Å². The minimum absolute atomic E-state index is 0.754. The van der Waals surface area contributed by atoms with Gasteiger partial charge in [-0.15, -0.1) is 0 Å². The normalized spacial score (nSPS) is 10.8. The van der Waals surface area contributed by atoms with E-state index >= 15 is 0 Å². The van der Waals surface area contributed by atoms with Crippen molar-refractivity contribution in [3.05, 3.63) is 64.8 Å². The quantitative estimate of drug-likeness (QED) is 0.725. The summed E-state index contributed by atoms with van der Waals surface area (Å²) >= 11 is 3.47. The maximum Gasteiger partial charge on any atom is 0.136 e. The lowest BCUT2D eigenvalue weighted by Gasteiger charge is -2.20. The Hall–Kier alpha value is -2.07. The lowest BCUT2D eigenvalue weighted by Crippen LogP contribution is -2.18. The molecular formula is C17H16BrN3. The second-order valence-electron chi connectivity index (χ2n) is 5.03. The molecule has 2 aromatic carbocycles. The summed E-state index contributed by atoms with van der Waals surface area (Å²) in [4.78, 5) is 6.67. The fourth-order valence-corrected chi connectivity index (χ4v) is 2.82. The maximum atomic E-state index is 6.15. The number of fused-ring (bicyclic) bond motifs is 1. The summed E-state index contributed by atoms with van der Waals surface area (Å²) in [7, 11) is 2.05. The van der Waals surface area contributed by atoms with Gasteiger partial charge in [0.05, 0.1) is 5.69 Å². The number of hydrogen-bond donors (Lipinski definition) is 1. The fourth-order valence-electron chi connectivity index (χ4n) is 2.47. The van der Waals surface area contributed by atoms with E-state index in [1.807, 2.05) is 31.4 Å². The molecule has 21 heavy (non-hydrogen) atoms. The minimum Gasteiger partial charge on any atom is -0.397 e. The molecule has 3 rings (SSSR count). The molecule has 2 N–H and O–H groups in total. The summed E-state index contributed by atoms with van der Waals surface area (Å²) in [6.07, 6.45) is 1.81. The molecule has 0 unspecified atom stereocenters. The molecule has 0 saturated heterocycles. The summed E-state index contributed by atoms with van der Waals surface area (Å²) in [6, 6.07) is 16.3. The molecular weight excluding hydrogens is 326 g/mol. The second kappa shape index (κ2) is 5.74. The van der Waals surface area contributed by atoms with Crippen LogP contribution in [-0.2, 0) is 6.54 Å².